The molecule has 0 amide bonds. The van der Waals surface area contributed by atoms with Gasteiger partial charge in [-0.05, 0) is 114 Å². The fraction of sp³-hybridized carbons (Fsp3) is 0.309. The molecule has 2 aliphatic heterocycles. The molecule has 2 nitrogen and oxygen atoms in total. The van der Waals surface area contributed by atoms with Gasteiger partial charge in [-0.1, -0.05) is 174 Å². The summed E-state index contributed by atoms with van der Waals surface area (Å²) in [5.74, 6) is 0. The molecule has 7 aromatic rings. The SMILES string of the molecule is CC(C)(C)Cc1ccc2c(c1)B1c3c(cc(C(C)(C)C)cc3N2c2ccc(C(C)(C)C)cc2)-c2cc(C(C)(C)C)cc3c(-c4ccccc4)c(-c4ccccc4)n1c23. The molecule has 6 aromatic carbocycles. The van der Waals surface area contributed by atoms with Crippen molar-refractivity contribution in [2.45, 2.75) is 106 Å². The Labute approximate surface area is 348 Å². The maximum Gasteiger partial charge on any atom is 0.333 e. The molecule has 2 aliphatic rings. The lowest BCUT2D eigenvalue weighted by Crippen LogP contribution is -2.57. The molecule has 0 bridgehead atoms. The van der Waals surface area contributed by atoms with Gasteiger partial charge in [0, 0.05) is 44.8 Å². The molecular formula is C55H59BN2. The summed E-state index contributed by atoms with van der Waals surface area (Å²) in [7, 11) is 0. The van der Waals surface area contributed by atoms with Crippen molar-refractivity contribution < 1.29 is 0 Å². The Hall–Kier alpha value is -5.28. The molecule has 58 heavy (non-hydrogen) atoms. The maximum absolute atomic E-state index is 2.76. The fourth-order valence-electron chi connectivity index (χ4n) is 9.57. The standard InChI is InChI=1S/C55H59BN2/c1-52(2,3)34-35-23-28-46-45(29-35)56-49-42(30-40(55(10,11)12)33-47(49)57(46)41-26-24-38(25-27-41)53(4,5)6)43-31-39(54(7,8)9)32-44-48(36-19-15-13-16-20-36)50(58(56)51(43)44)37-21-17-14-18-22-37/h13-33H,34H2,1-12H3. The van der Waals surface area contributed by atoms with E-state index < -0.39 is 0 Å². The van der Waals surface area contributed by atoms with Crippen molar-refractivity contribution in [3.8, 4) is 33.5 Å². The predicted octanol–water partition coefficient (Wildman–Crippen LogP) is 13.9. The van der Waals surface area contributed by atoms with Crippen molar-refractivity contribution in [3.05, 3.63) is 150 Å². The van der Waals surface area contributed by atoms with E-state index in [1.54, 1.807) is 0 Å². The number of nitrogens with zero attached hydrogens (tertiary/aromatic N) is 2. The van der Waals surface area contributed by atoms with Crippen molar-refractivity contribution in [2.24, 2.45) is 5.41 Å². The molecule has 0 saturated heterocycles. The summed E-state index contributed by atoms with van der Waals surface area (Å²) >= 11 is 0. The van der Waals surface area contributed by atoms with Gasteiger partial charge in [-0.3, -0.25) is 0 Å². The van der Waals surface area contributed by atoms with Crippen LogP contribution in [0.4, 0.5) is 17.1 Å². The highest BCUT2D eigenvalue weighted by molar-refractivity contribution is 6.89. The number of aromatic nitrogens is 1. The summed E-state index contributed by atoms with van der Waals surface area (Å²) < 4.78 is 2.76. The highest BCUT2D eigenvalue weighted by Gasteiger charge is 2.45. The first-order valence-corrected chi connectivity index (χ1v) is 21.4. The van der Waals surface area contributed by atoms with E-state index in [1.807, 2.05) is 0 Å². The molecule has 3 heterocycles. The lowest BCUT2D eigenvalue weighted by molar-refractivity contribution is 0.411. The lowest BCUT2D eigenvalue weighted by Gasteiger charge is -2.42. The van der Waals surface area contributed by atoms with E-state index in [-0.39, 0.29) is 28.5 Å². The lowest BCUT2D eigenvalue weighted by atomic mass is 9.44. The first-order valence-electron chi connectivity index (χ1n) is 21.4. The van der Waals surface area contributed by atoms with Crippen LogP contribution in [0.15, 0.2) is 127 Å². The zero-order valence-electron chi connectivity index (χ0n) is 36.8. The molecular weight excluding hydrogens is 699 g/mol. The van der Waals surface area contributed by atoms with E-state index >= 15 is 0 Å². The molecule has 9 rings (SSSR count). The van der Waals surface area contributed by atoms with E-state index in [4.69, 9.17) is 0 Å². The largest absolute Gasteiger partial charge is 0.375 e. The second kappa shape index (κ2) is 13.1. The maximum atomic E-state index is 2.76. The van der Waals surface area contributed by atoms with Gasteiger partial charge in [0.25, 0.3) is 0 Å². The third-order valence-electron chi connectivity index (χ3n) is 12.5. The first kappa shape index (κ1) is 38.3. The number of fused-ring (bicyclic) bond motifs is 4. The van der Waals surface area contributed by atoms with Gasteiger partial charge in [-0.15, -0.1) is 0 Å². The molecule has 0 radical (unpaired) electrons. The van der Waals surface area contributed by atoms with Crippen molar-refractivity contribution >= 4 is 45.7 Å². The molecule has 0 spiro atoms. The van der Waals surface area contributed by atoms with E-state index in [0.717, 1.165) is 6.42 Å². The third kappa shape index (κ3) is 6.33. The highest BCUT2D eigenvalue weighted by atomic mass is 15.2. The molecule has 0 fully saturated rings. The van der Waals surface area contributed by atoms with E-state index in [0.29, 0.717) is 0 Å². The Morgan fingerprint density at radius 2 is 1.07 bits per heavy atom. The minimum absolute atomic E-state index is 0.0396. The molecule has 1 aromatic heterocycles. The normalized spacial score (nSPS) is 13.9. The third-order valence-corrected chi connectivity index (χ3v) is 12.5. The Kier molecular flexibility index (Phi) is 8.65. The summed E-state index contributed by atoms with van der Waals surface area (Å²) in [4.78, 5) is 2.59. The predicted molar refractivity (Wildman–Crippen MR) is 253 cm³/mol. The van der Waals surface area contributed by atoms with Gasteiger partial charge in [0.2, 0.25) is 0 Å². The topological polar surface area (TPSA) is 8.17 Å². The highest BCUT2D eigenvalue weighted by Crippen LogP contribution is 2.51. The summed E-state index contributed by atoms with van der Waals surface area (Å²) in [6, 6.07) is 49.2. The van der Waals surface area contributed by atoms with Crippen LogP contribution in [-0.4, -0.2) is 11.3 Å². The van der Waals surface area contributed by atoms with Gasteiger partial charge in [-0.25, -0.2) is 0 Å². The Morgan fingerprint density at radius 3 is 1.66 bits per heavy atom. The van der Waals surface area contributed by atoms with Crippen molar-refractivity contribution in [1.82, 2.24) is 4.48 Å². The van der Waals surface area contributed by atoms with Crippen LogP contribution in [0.5, 0.6) is 0 Å². The second-order valence-corrected chi connectivity index (χ2v) is 21.4. The average Bonchev–Trinajstić information content (AvgIpc) is 3.50. The van der Waals surface area contributed by atoms with Crippen LogP contribution in [0.3, 0.4) is 0 Å². The molecule has 3 heteroatoms. The molecule has 0 N–H and O–H groups in total. The Morgan fingerprint density at radius 1 is 0.500 bits per heavy atom. The summed E-state index contributed by atoms with van der Waals surface area (Å²) in [6.07, 6.45) is 1.00. The van der Waals surface area contributed by atoms with Crippen molar-refractivity contribution in [1.29, 1.82) is 0 Å². The zero-order chi connectivity index (χ0) is 41.1. The average molecular weight is 759 g/mol. The molecule has 0 aliphatic carbocycles. The van der Waals surface area contributed by atoms with Gasteiger partial charge < -0.3 is 9.38 Å². The van der Waals surface area contributed by atoms with E-state index in [2.05, 4.69) is 220 Å². The van der Waals surface area contributed by atoms with Crippen LogP contribution in [0.2, 0.25) is 0 Å². The Balaban J connectivity index is 1.49. The number of hydrogen-bond donors (Lipinski definition) is 0. The number of benzene rings is 6. The smallest absolute Gasteiger partial charge is 0.333 e. The van der Waals surface area contributed by atoms with E-state index in [1.165, 1.54) is 94.7 Å². The minimum Gasteiger partial charge on any atom is -0.375 e. The summed E-state index contributed by atoms with van der Waals surface area (Å²) in [5, 5.41) is 1.33. The van der Waals surface area contributed by atoms with Gasteiger partial charge in [0.15, 0.2) is 0 Å². The first-order chi connectivity index (χ1) is 27.3. The van der Waals surface area contributed by atoms with Gasteiger partial charge in [0.1, 0.15) is 0 Å². The molecule has 0 saturated carbocycles. The number of rotatable bonds is 4. The molecule has 0 atom stereocenters. The van der Waals surface area contributed by atoms with Crippen molar-refractivity contribution in [2.75, 3.05) is 4.90 Å². The number of hydrogen-bond acceptors (Lipinski definition) is 1. The quantitative estimate of drug-likeness (QED) is 0.162. The van der Waals surface area contributed by atoms with Crippen LogP contribution in [0.1, 0.15) is 105 Å². The summed E-state index contributed by atoms with van der Waals surface area (Å²) in [5.41, 5.74) is 21.1. The van der Waals surface area contributed by atoms with E-state index in [9.17, 15) is 0 Å². The van der Waals surface area contributed by atoms with Crippen molar-refractivity contribution in [3.63, 3.8) is 0 Å². The van der Waals surface area contributed by atoms with Crippen LogP contribution >= 0.6 is 0 Å². The zero-order valence-corrected chi connectivity index (χ0v) is 36.8. The van der Waals surface area contributed by atoms with Gasteiger partial charge >= 0.3 is 6.85 Å². The monoisotopic (exact) mass is 758 g/mol. The second-order valence-electron chi connectivity index (χ2n) is 21.4. The van der Waals surface area contributed by atoms with Crippen LogP contribution in [-0.2, 0) is 22.7 Å². The number of anilines is 3. The van der Waals surface area contributed by atoms with Gasteiger partial charge in [0.05, 0.1) is 0 Å². The van der Waals surface area contributed by atoms with Crippen LogP contribution in [0, 0.1) is 5.41 Å². The molecule has 292 valence electrons. The van der Waals surface area contributed by atoms with Gasteiger partial charge in [-0.2, -0.15) is 0 Å². The van der Waals surface area contributed by atoms with Crippen LogP contribution < -0.4 is 15.8 Å². The summed E-state index contributed by atoms with van der Waals surface area (Å²) in [6.45, 7) is 28.1. The minimum atomic E-state index is -0.0653. The molecule has 0 unspecified atom stereocenters. The fourth-order valence-corrected chi connectivity index (χ4v) is 9.57. The van der Waals surface area contributed by atoms with Crippen LogP contribution in [0.25, 0.3) is 44.4 Å². The Bertz CT molecular complexity index is 2710.